The van der Waals surface area contributed by atoms with E-state index >= 15 is 0 Å². The Hall–Kier alpha value is -2.63. The Morgan fingerprint density at radius 2 is 1.95 bits per heavy atom. The van der Waals surface area contributed by atoms with Crippen molar-refractivity contribution >= 4 is 17.6 Å². The highest BCUT2D eigenvalue weighted by Crippen LogP contribution is 2.15. The molecule has 0 atom stereocenters. The minimum atomic E-state index is -1.01. The fourth-order valence-electron chi connectivity index (χ4n) is 2.10. The predicted molar refractivity (Wildman–Crippen MR) is 78.5 cm³/mol. The van der Waals surface area contributed by atoms with Crippen molar-refractivity contribution in [3.05, 3.63) is 46.8 Å². The second-order valence-electron chi connectivity index (χ2n) is 4.97. The van der Waals surface area contributed by atoms with E-state index in [1.807, 2.05) is 19.9 Å². The molecule has 0 fully saturated rings. The molecule has 110 valence electrons. The molecule has 0 unspecified atom stereocenters. The topological polar surface area (TPSA) is 84.2 Å². The second kappa shape index (κ2) is 5.78. The molecule has 0 aliphatic carbocycles. The summed E-state index contributed by atoms with van der Waals surface area (Å²) in [5, 5.41) is 16.0. The normalized spacial score (nSPS) is 10.4. The van der Waals surface area contributed by atoms with E-state index in [0.717, 1.165) is 11.4 Å². The van der Waals surface area contributed by atoms with E-state index in [2.05, 4.69) is 10.4 Å². The number of anilines is 1. The highest BCUT2D eigenvalue weighted by molar-refractivity contribution is 5.94. The monoisotopic (exact) mass is 287 g/mol. The molecule has 0 aliphatic rings. The van der Waals surface area contributed by atoms with E-state index in [4.69, 9.17) is 5.11 Å². The van der Waals surface area contributed by atoms with E-state index in [-0.39, 0.29) is 18.0 Å². The predicted octanol–water partition coefficient (Wildman–Crippen LogP) is 2.15. The second-order valence-corrected chi connectivity index (χ2v) is 4.97. The Kier molecular flexibility index (Phi) is 4.07. The summed E-state index contributed by atoms with van der Waals surface area (Å²) in [5.41, 5.74) is 3.05. The number of nitrogens with one attached hydrogen (secondary N) is 1. The van der Waals surface area contributed by atoms with Gasteiger partial charge in [0.1, 0.15) is 6.54 Å². The maximum absolute atomic E-state index is 12.0. The average Bonchev–Trinajstić information content (AvgIpc) is 2.69. The van der Waals surface area contributed by atoms with Gasteiger partial charge >= 0.3 is 5.97 Å². The number of amides is 1. The summed E-state index contributed by atoms with van der Waals surface area (Å²) in [6, 6.07) is 6.70. The number of aromatic nitrogens is 2. The fourth-order valence-corrected chi connectivity index (χ4v) is 2.10. The molecule has 2 N–H and O–H groups in total. The molecule has 1 amide bonds. The molecular weight excluding hydrogens is 270 g/mol. The third-order valence-electron chi connectivity index (χ3n) is 3.15. The van der Waals surface area contributed by atoms with Crippen LogP contribution < -0.4 is 5.32 Å². The number of nitrogens with zero attached hydrogens (tertiary/aromatic N) is 2. The van der Waals surface area contributed by atoms with Crippen LogP contribution in [0.25, 0.3) is 0 Å². The van der Waals surface area contributed by atoms with Crippen LogP contribution in [-0.4, -0.2) is 26.8 Å². The lowest BCUT2D eigenvalue weighted by Gasteiger charge is -2.09. The number of carboxylic acid groups (broad SMARTS) is 1. The number of aryl methyl sites for hydroxylation is 3. The van der Waals surface area contributed by atoms with Crippen molar-refractivity contribution in [2.24, 2.45) is 0 Å². The van der Waals surface area contributed by atoms with Gasteiger partial charge in [-0.05, 0) is 44.5 Å². The smallest absolute Gasteiger partial charge is 0.336 e. The molecule has 0 saturated carbocycles. The van der Waals surface area contributed by atoms with Crippen molar-refractivity contribution in [3.8, 4) is 0 Å². The number of carboxylic acids is 1. The maximum atomic E-state index is 12.0. The largest absolute Gasteiger partial charge is 0.478 e. The lowest BCUT2D eigenvalue weighted by molar-refractivity contribution is -0.116. The number of rotatable bonds is 4. The third-order valence-corrected chi connectivity index (χ3v) is 3.15. The van der Waals surface area contributed by atoms with Crippen molar-refractivity contribution in [2.75, 3.05) is 5.32 Å². The van der Waals surface area contributed by atoms with Crippen molar-refractivity contribution < 1.29 is 14.7 Å². The minimum absolute atomic E-state index is 0.0932. The molecular formula is C15H17N3O3. The van der Waals surface area contributed by atoms with E-state index in [0.29, 0.717) is 11.3 Å². The Morgan fingerprint density at radius 1 is 1.24 bits per heavy atom. The maximum Gasteiger partial charge on any atom is 0.336 e. The molecule has 0 spiro atoms. The summed E-state index contributed by atoms with van der Waals surface area (Å²) in [4.78, 5) is 23.1. The highest BCUT2D eigenvalue weighted by Gasteiger charge is 2.11. The van der Waals surface area contributed by atoms with Crippen LogP contribution in [0.2, 0.25) is 0 Å². The minimum Gasteiger partial charge on any atom is -0.478 e. The quantitative estimate of drug-likeness (QED) is 0.902. The first kappa shape index (κ1) is 14.8. The van der Waals surface area contributed by atoms with Crippen molar-refractivity contribution in [1.29, 1.82) is 0 Å². The third kappa shape index (κ3) is 3.47. The summed E-state index contributed by atoms with van der Waals surface area (Å²) in [7, 11) is 0. The lowest BCUT2D eigenvalue weighted by Crippen LogP contribution is -2.20. The Morgan fingerprint density at radius 3 is 2.52 bits per heavy atom. The molecule has 1 aromatic heterocycles. The number of benzene rings is 1. The number of aromatic carboxylic acids is 1. The molecule has 2 aromatic rings. The van der Waals surface area contributed by atoms with Crippen molar-refractivity contribution in [1.82, 2.24) is 9.78 Å². The van der Waals surface area contributed by atoms with Gasteiger partial charge in [0.25, 0.3) is 0 Å². The Labute approximate surface area is 122 Å². The zero-order valence-electron chi connectivity index (χ0n) is 12.2. The lowest BCUT2D eigenvalue weighted by atomic mass is 10.1. The van der Waals surface area contributed by atoms with Crippen LogP contribution in [0.3, 0.4) is 0 Å². The molecule has 0 aliphatic heterocycles. The van der Waals surface area contributed by atoms with Crippen molar-refractivity contribution in [2.45, 2.75) is 27.3 Å². The molecule has 1 heterocycles. The van der Waals surface area contributed by atoms with Crippen molar-refractivity contribution in [3.63, 3.8) is 0 Å². The average molecular weight is 287 g/mol. The molecule has 1 aromatic carbocycles. The number of carbonyl (C=O) groups is 2. The van der Waals surface area contributed by atoms with Gasteiger partial charge in [-0.2, -0.15) is 5.10 Å². The van der Waals surface area contributed by atoms with Crippen LogP contribution in [0.15, 0.2) is 24.3 Å². The standard InChI is InChI=1S/C15H17N3O3/c1-9-4-5-12(7-13(9)15(20)21)16-14(19)8-18-11(3)6-10(2)17-18/h4-7H,8H2,1-3H3,(H,16,19)(H,20,21). The number of hydrogen-bond donors (Lipinski definition) is 2. The van der Waals surface area contributed by atoms with Gasteiger partial charge in [0.2, 0.25) is 5.91 Å². The molecule has 0 saturated heterocycles. The first-order valence-electron chi connectivity index (χ1n) is 6.51. The Balaban J connectivity index is 2.11. The van der Waals surface area contributed by atoms with Crippen LogP contribution in [0, 0.1) is 20.8 Å². The van der Waals surface area contributed by atoms with Gasteiger partial charge < -0.3 is 10.4 Å². The molecule has 0 radical (unpaired) electrons. The summed E-state index contributed by atoms with van der Waals surface area (Å²) >= 11 is 0. The van der Waals surface area contributed by atoms with Crippen LogP contribution in [-0.2, 0) is 11.3 Å². The summed E-state index contributed by atoms with van der Waals surface area (Å²) in [6.45, 7) is 5.54. The van der Waals surface area contributed by atoms with Gasteiger partial charge in [0.05, 0.1) is 11.3 Å². The van der Waals surface area contributed by atoms with Crippen LogP contribution in [0.1, 0.15) is 27.3 Å². The van der Waals surface area contributed by atoms with Crippen LogP contribution in [0.5, 0.6) is 0 Å². The summed E-state index contributed by atoms with van der Waals surface area (Å²) in [6.07, 6.45) is 0. The Bertz CT molecular complexity index is 704. The molecule has 0 bridgehead atoms. The van der Waals surface area contributed by atoms with Gasteiger partial charge in [0, 0.05) is 11.4 Å². The molecule has 6 heteroatoms. The van der Waals surface area contributed by atoms with Crippen LogP contribution >= 0.6 is 0 Å². The van der Waals surface area contributed by atoms with Gasteiger partial charge in [-0.15, -0.1) is 0 Å². The number of carbonyl (C=O) groups excluding carboxylic acids is 1. The van der Waals surface area contributed by atoms with E-state index in [1.54, 1.807) is 23.7 Å². The zero-order chi connectivity index (χ0) is 15.6. The van der Waals surface area contributed by atoms with Gasteiger partial charge in [-0.1, -0.05) is 6.07 Å². The van der Waals surface area contributed by atoms with Gasteiger partial charge in [-0.25, -0.2) is 4.79 Å². The van der Waals surface area contributed by atoms with Gasteiger partial charge in [-0.3, -0.25) is 9.48 Å². The van der Waals surface area contributed by atoms with Crippen LogP contribution in [0.4, 0.5) is 5.69 Å². The fraction of sp³-hybridized carbons (Fsp3) is 0.267. The molecule has 6 nitrogen and oxygen atoms in total. The first-order valence-corrected chi connectivity index (χ1v) is 6.51. The molecule has 21 heavy (non-hydrogen) atoms. The highest BCUT2D eigenvalue weighted by atomic mass is 16.4. The number of hydrogen-bond acceptors (Lipinski definition) is 3. The zero-order valence-corrected chi connectivity index (χ0v) is 12.2. The molecule has 2 rings (SSSR count). The van der Waals surface area contributed by atoms with E-state index in [1.165, 1.54) is 6.07 Å². The summed E-state index contributed by atoms with van der Waals surface area (Å²) in [5.74, 6) is -1.26. The van der Waals surface area contributed by atoms with E-state index in [9.17, 15) is 9.59 Å². The first-order chi connectivity index (χ1) is 9.86. The van der Waals surface area contributed by atoms with E-state index < -0.39 is 5.97 Å². The SMILES string of the molecule is Cc1cc(C)n(CC(=O)Nc2ccc(C)c(C(=O)O)c2)n1. The van der Waals surface area contributed by atoms with Gasteiger partial charge in [0.15, 0.2) is 0 Å². The summed E-state index contributed by atoms with van der Waals surface area (Å²) < 4.78 is 1.61.